The zero-order valence-electron chi connectivity index (χ0n) is 17.6. The third-order valence-corrected chi connectivity index (χ3v) is 6.02. The molecule has 8 nitrogen and oxygen atoms in total. The van der Waals surface area contributed by atoms with Gasteiger partial charge >= 0.3 is 13.2 Å². The lowest BCUT2D eigenvalue weighted by molar-refractivity contribution is -0.0505. The first-order chi connectivity index (χ1) is 17.0. The molecule has 0 amide bonds. The number of benzene rings is 2. The lowest BCUT2D eigenvalue weighted by atomic mass is 10.2. The van der Waals surface area contributed by atoms with Crippen molar-refractivity contribution < 1.29 is 35.9 Å². The molecule has 0 bridgehead atoms. The second-order valence-electron chi connectivity index (χ2n) is 6.60. The highest BCUT2D eigenvalue weighted by Gasteiger charge is 2.12. The van der Waals surface area contributed by atoms with Crippen molar-refractivity contribution in [2.24, 2.45) is 0 Å². The van der Waals surface area contributed by atoms with Gasteiger partial charge in [-0.05, 0) is 55.0 Å². The first kappa shape index (κ1) is 24.9. The van der Waals surface area contributed by atoms with Gasteiger partial charge in [-0.25, -0.2) is 0 Å². The Morgan fingerprint density at radius 2 is 1.03 bits per heavy atom. The van der Waals surface area contributed by atoms with Crippen LogP contribution in [0.15, 0.2) is 67.8 Å². The molecular weight excluding hydrogens is 512 g/mol. The second kappa shape index (κ2) is 11.9. The molecule has 0 fully saturated rings. The summed E-state index contributed by atoms with van der Waals surface area (Å²) in [5.41, 5.74) is 1.18. The summed E-state index contributed by atoms with van der Waals surface area (Å²) in [6, 6.07) is 11.8. The molecule has 4 rings (SSSR count). The van der Waals surface area contributed by atoms with Gasteiger partial charge in [0.05, 0.1) is 0 Å². The molecule has 0 aliphatic heterocycles. The van der Waals surface area contributed by atoms with Crippen molar-refractivity contribution in [3.63, 3.8) is 0 Å². The Kier molecular flexibility index (Phi) is 8.47. The van der Waals surface area contributed by atoms with Gasteiger partial charge in [-0.2, -0.15) is 17.6 Å². The van der Waals surface area contributed by atoms with Gasteiger partial charge in [0, 0.05) is 22.6 Å². The maximum Gasteiger partial charge on any atom is 0.387 e. The van der Waals surface area contributed by atoms with Crippen LogP contribution in [0.25, 0.3) is 22.9 Å². The molecule has 0 N–H and O–H groups in total. The third kappa shape index (κ3) is 7.36. The molecule has 2 aromatic heterocycles. The number of aromatic nitrogens is 4. The van der Waals surface area contributed by atoms with Gasteiger partial charge in [-0.1, -0.05) is 23.5 Å². The fourth-order valence-corrected chi connectivity index (χ4v) is 4.29. The summed E-state index contributed by atoms with van der Waals surface area (Å²) in [7, 11) is 0. The summed E-state index contributed by atoms with van der Waals surface area (Å²) in [6.45, 7) is -5.77. The van der Waals surface area contributed by atoms with Gasteiger partial charge < -0.3 is 18.3 Å². The van der Waals surface area contributed by atoms with Crippen LogP contribution in [-0.4, -0.2) is 45.1 Å². The van der Waals surface area contributed by atoms with Gasteiger partial charge in [0.2, 0.25) is 11.8 Å². The van der Waals surface area contributed by atoms with E-state index in [2.05, 4.69) is 29.9 Å². The summed E-state index contributed by atoms with van der Waals surface area (Å²) >= 11 is 2.76. The predicted molar refractivity (Wildman–Crippen MR) is 119 cm³/mol. The molecule has 2 aromatic carbocycles. The van der Waals surface area contributed by atoms with E-state index < -0.39 is 13.2 Å². The average molecular weight is 529 g/mol. The zero-order valence-corrected chi connectivity index (χ0v) is 19.3. The Balaban J connectivity index is 1.19. The second-order valence-corrected chi connectivity index (χ2v) is 8.69. The molecule has 0 aliphatic carbocycles. The molecule has 0 radical (unpaired) electrons. The molecule has 0 aliphatic rings. The number of hydrogen-bond acceptors (Lipinski definition) is 10. The SMILES string of the molecule is FC(F)Oc1ccc(-c2nnc(SCCCSc3nnc(-c4ccc(OC(F)F)cc4)o3)o2)cc1. The van der Waals surface area contributed by atoms with Crippen molar-refractivity contribution >= 4 is 23.5 Å². The van der Waals surface area contributed by atoms with E-state index in [4.69, 9.17) is 8.83 Å². The summed E-state index contributed by atoms with van der Waals surface area (Å²) in [4.78, 5) is 0. The molecule has 4 aromatic rings. The summed E-state index contributed by atoms with van der Waals surface area (Å²) in [5.74, 6) is 2.03. The standard InChI is InChI=1S/C21H16F4N4O4S2/c22-18(23)30-14-6-2-12(3-7-14)16-26-28-20(32-16)34-10-1-11-35-21-29-27-17(33-21)13-4-8-15(9-5-13)31-19(24)25/h2-9,18-19H,1,10-11H2. The van der Waals surface area contributed by atoms with Crippen LogP contribution in [0.3, 0.4) is 0 Å². The molecule has 0 saturated carbocycles. The molecule has 35 heavy (non-hydrogen) atoms. The van der Waals surface area contributed by atoms with Crippen LogP contribution in [0.5, 0.6) is 11.5 Å². The number of halogens is 4. The van der Waals surface area contributed by atoms with Gasteiger partial charge in [-0.3, -0.25) is 0 Å². The number of alkyl halides is 4. The largest absolute Gasteiger partial charge is 0.435 e. The Hall–Kier alpha value is -3.26. The van der Waals surface area contributed by atoms with Crippen molar-refractivity contribution in [1.82, 2.24) is 20.4 Å². The minimum Gasteiger partial charge on any atom is -0.435 e. The summed E-state index contributed by atoms with van der Waals surface area (Å²) in [6.07, 6.45) is 0.782. The molecule has 0 unspecified atom stereocenters. The number of hydrogen-bond donors (Lipinski definition) is 0. The van der Waals surface area contributed by atoms with Crippen LogP contribution >= 0.6 is 23.5 Å². The van der Waals surface area contributed by atoms with Crippen molar-refractivity contribution in [3.8, 4) is 34.4 Å². The molecule has 0 spiro atoms. The van der Waals surface area contributed by atoms with E-state index in [-0.39, 0.29) is 23.3 Å². The van der Waals surface area contributed by atoms with Crippen molar-refractivity contribution in [2.75, 3.05) is 11.5 Å². The fourth-order valence-electron chi connectivity index (χ4n) is 2.71. The van der Waals surface area contributed by atoms with Crippen LogP contribution in [0.4, 0.5) is 17.6 Å². The number of thioether (sulfide) groups is 2. The molecular formula is C21H16F4N4O4S2. The summed E-state index contributed by atoms with van der Waals surface area (Å²) in [5, 5.41) is 16.7. The molecule has 0 atom stereocenters. The van der Waals surface area contributed by atoms with Gasteiger partial charge in [0.15, 0.2) is 0 Å². The van der Waals surface area contributed by atoms with Crippen LogP contribution < -0.4 is 9.47 Å². The highest BCUT2D eigenvalue weighted by atomic mass is 32.2. The summed E-state index contributed by atoms with van der Waals surface area (Å²) < 4.78 is 68.7. The van der Waals surface area contributed by atoms with E-state index in [0.29, 0.717) is 33.1 Å². The third-order valence-electron chi connectivity index (χ3n) is 4.21. The quantitative estimate of drug-likeness (QED) is 0.119. The highest BCUT2D eigenvalue weighted by Crippen LogP contribution is 2.28. The van der Waals surface area contributed by atoms with Crippen molar-refractivity contribution in [2.45, 2.75) is 30.1 Å². The van der Waals surface area contributed by atoms with Gasteiger partial charge in [0.25, 0.3) is 10.4 Å². The van der Waals surface area contributed by atoms with E-state index >= 15 is 0 Å². The lowest BCUT2D eigenvalue weighted by Gasteiger charge is -2.03. The van der Waals surface area contributed by atoms with E-state index in [1.807, 2.05) is 0 Å². The highest BCUT2D eigenvalue weighted by molar-refractivity contribution is 7.99. The fraction of sp³-hybridized carbons (Fsp3) is 0.238. The minimum atomic E-state index is -2.89. The predicted octanol–water partition coefficient (Wildman–Crippen LogP) is 6.26. The molecule has 184 valence electrons. The maximum absolute atomic E-state index is 12.2. The number of nitrogens with zero attached hydrogens (tertiary/aromatic N) is 4. The Morgan fingerprint density at radius 1 is 0.629 bits per heavy atom. The van der Waals surface area contributed by atoms with Crippen LogP contribution in [0.1, 0.15) is 6.42 Å². The van der Waals surface area contributed by atoms with Gasteiger partial charge in [0.1, 0.15) is 11.5 Å². The number of ether oxygens (including phenoxy) is 2. The molecule has 0 saturated heterocycles. The average Bonchev–Trinajstić information content (AvgIpc) is 3.49. The van der Waals surface area contributed by atoms with E-state index in [1.54, 1.807) is 24.3 Å². The minimum absolute atomic E-state index is 0.0427. The smallest absolute Gasteiger partial charge is 0.387 e. The first-order valence-corrected chi connectivity index (χ1v) is 12.0. The van der Waals surface area contributed by atoms with Crippen molar-refractivity contribution in [3.05, 3.63) is 48.5 Å². The number of rotatable bonds is 12. The van der Waals surface area contributed by atoms with Crippen LogP contribution in [0, 0.1) is 0 Å². The Labute approximate surface area is 204 Å². The van der Waals surface area contributed by atoms with E-state index in [1.165, 1.54) is 47.8 Å². The Morgan fingerprint density at radius 3 is 1.40 bits per heavy atom. The normalized spacial score (nSPS) is 11.4. The topological polar surface area (TPSA) is 96.3 Å². The first-order valence-electron chi connectivity index (χ1n) is 9.99. The molecule has 14 heteroatoms. The zero-order chi connectivity index (χ0) is 24.6. The van der Waals surface area contributed by atoms with Crippen LogP contribution in [0.2, 0.25) is 0 Å². The molecule has 2 heterocycles. The van der Waals surface area contributed by atoms with Gasteiger partial charge in [-0.15, -0.1) is 20.4 Å². The van der Waals surface area contributed by atoms with E-state index in [9.17, 15) is 17.6 Å². The Bertz CT molecular complexity index is 1110. The monoisotopic (exact) mass is 528 g/mol. The van der Waals surface area contributed by atoms with Crippen LogP contribution in [-0.2, 0) is 0 Å². The maximum atomic E-state index is 12.2. The lowest BCUT2D eigenvalue weighted by Crippen LogP contribution is -2.01. The van der Waals surface area contributed by atoms with E-state index in [0.717, 1.165) is 6.42 Å². The van der Waals surface area contributed by atoms with Crippen molar-refractivity contribution in [1.29, 1.82) is 0 Å².